The Morgan fingerprint density at radius 3 is 2.39 bits per heavy atom. The molecule has 1 aromatic heterocycles. The monoisotopic (exact) mass is 374 g/mol. The van der Waals surface area contributed by atoms with Gasteiger partial charge in [0.15, 0.2) is 6.61 Å². The summed E-state index contributed by atoms with van der Waals surface area (Å²) in [6.45, 7) is 3.32. The average molecular weight is 374 g/mol. The highest BCUT2D eigenvalue weighted by molar-refractivity contribution is 5.97. The fourth-order valence-corrected chi connectivity index (χ4v) is 2.57. The molecule has 0 radical (unpaired) electrons. The third-order valence-corrected chi connectivity index (χ3v) is 4.17. The van der Waals surface area contributed by atoms with E-state index in [0.29, 0.717) is 28.7 Å². The number of rotatable bonds is 5. The third-order valence-electron chi connectivity index (χ3n) is 4.17. The Bertz CT molecular complexity index is 1090. The van der Waals surface area contributed by atoms with Crippen molar-refractivity contribution in [3.8, 4) is 6.07 Å². The van der Waals surface area contributed by atoms with Gasteiger partial charge in [-0.1, -0.05) is 12.1 Å². The molecule has 0 fully saturated rings. The van der Waals surface area contributed by atoms with Crippen LogP contribution in [0.2, 0.25) is 0 Å². The maximum atomic E-state index is 12.2. The molecular weight excluding hydrogens is 356 g/mol. The number of esters is 1. The third kappa shape index (κ3) is 4.48. The highest BCUT2D eigenvalue weighted by Gasteiger charge is 2.12. The van der Waals surface area contributed by atoms with E-state index in [1.165, 1.54) is 0 Å². The molecule has 0 aliphatic carbocycles. The summed E-state index contributed by atoms with van der Waals surface area (Å²) >= 11 is 0. The second-order valence-electron chi connectivity index (χ2n) is 6.25. The highest BCUT2D eigenvalue weighted by Crippen LogP contribution is 2.15. The van der Waals surface area contributed by atoms with Gasteiger partial charge in [-0.15, -0.1) is 0 Å². The quantitative estimate of drug-likeness (QED) is 0.688. The predicted molar refractivity (Wildman–Crippen MR) is 104 cm³/mol. The molecular formula is C21H18N4O3. The summed E-state index contributed by atoms with van der Waals surface area (Å²) in [5, 5.41) is 11.3. The zero-order valence-corrected chi connectivity index (χ0v) is 15.5. The van der Waals surface area contributed by atoms with Crippen molar-refractivity contribution in [2.45, 2.75) is 20.3 Å². The van der Waals surface area contributed by atoms with Gasteiger partial charge in [0.2, 0.25) is 0 Å². The number of hydrogen-bond acceptors (Lipinski definition) is 6. The molecule has 1 N–H and O–H groups in total. The van der Waals surface area contributed by atoms with Crippen molar-refractivity contribution < 1.29 is 14.3 Å². The molecule has 140 valence electrons. The first-order chi connectivity index (χ1) is 13.5. The highest BCUT2D eigenvalue weighted by atomic mass is 16.5. The van der Waals surface area contributed by atoms with Crippen molar-refractivity contribution >= 4 is 28.6 Å². The SMILES string of the molecule is Cc1nc2ccc(C(=O)OCC(=O)Nc3ccc(CC#N)cc3)cc2nc1C. The molecule has 0 saturated carbocycles. The lowest BCUT2D eigenvalue weighted by Gasteiger charge is -2.08. The molecule has 28 heavy (non-hydrogen) atoms. The number of carbonyl (C=O) groups excluding carboxylic acids is 2. The number of nitrogens with one attached hydrogen (secondary N) is 1. The molecule has 0 spiro atoms. The van der Waals surface area contributed by atoms with Crippen LogP contribution in [0, 0.1) is 25.2 Å². The van der Waals surface area contributed by atoms with Crippen LogP contribution in [0.4, 0.5) is 5.69 Å². The number of aryl methyl sites for hydroxylation is 2. The molecule has 0 atom stereocenters. The van der Waals surface area contributed by atoms with E-state index < -0.39 is 18.5 Å². The number of carbonyl (C=O) groups is 2. The van der Waals surface area contributed by atoms with E-state index in [2.05, 4.69) is 21.4 Å². The van der Waals surface area contributed by atoms with Gasteiger partial charge in [-0.05, 0) is 49.7 Å². The fraction of sp³-hybridized carbons (Fsp3) is 0.190. The van der Waals surface area contributed by atoms with E-state index in [-0.39, 0.29) is 0 Å². The lowest BCUT2D eigenvalue weighted by atomic mass is 10.1. The van der Waals surface area contributed by atoms with Crippen LogP contribution in [-0.4, -0.2) is 28.5 Å². The second kappa shape index (κ2) is 8.27. The number of anilines is 1. The van der Waals surface area contributed by atoms with E-state index in [4.69, 9.17) is 10.00 Å². The minimum absolute atomic E-state index is 0.304. The summed E-state index contributed by atoms with van der Waals surface area (Å²) in [6, 6.07) is 13.9. The summed E-state index contributed by atoms with van der Waals surface area (Å²) in [5.74, 6) is -1.06. The lowest BCUT2D eigenvalue weighted by molar-refractivity contribution is -0.119. The van der Waals surface area contributed by atoms with Gasteiger partial charge in [-0.25, -0.2) is 14.8 Å². The van der Waals surface area contributed by atoms with Crippen molar-refractivity contribution in [2.24, 2.45) is 0 Å². The predicted octanol–water partition coefficient (Wildman–Crippen LogP) is 3.11. The number of nitriles is 1. The summed E-state index contributed by atoms with van der Waals surface area (Å²) < 4.78 is 5.09. The Hall–Kier alpha value is -3.79. The van der Waals surface area contributed by atoms with Gasteiger partial charge in [0.25, 0.3) is 5.91 Å². The van der Waals surface area contributed by atoms with Gasteiger partial charge in [0.05, 0.1) is 40.5 Å². The smallest absolute Gasteiger partial charge is 0.338 e. The number of amides is 1. The maximum absolute atomic E-state index is 12.2. The Balaban J connectivity index is 1.60. The molecule has 0 bridgehead atoms. The van der Waals surface area contributed by atoms with E-state index in [1.807, 2.05) is 13.8 Å². The normalized spacial score (nSPS) is 10.3. The van der Waals surface area contributed by atoms with Gasteiger partial charge >= 0.3 is 5.97 Å². The second-order valence-corrected chi connectivity index (χ2v) is 6.25. The Morgan fingerprint density at radius 1 is 1.04 bits per heavy atom. The van der Waals surface area contributed by atoms with Crippen LogP contribution in [0.5, 0.6) is 0 Å². The number of fused-ring (bicyclic) bond motifs is 1. The maximum Gasteiger partial charge on any atom is 0.338 e. The van der Waals surface area contributed by atoms with Gasteiger partial charge < -0.3 is 10.1 Å². The molecule has 0 saturated heterocycles. The summed E-state index contributed by atoms with van der Waals surface area (Å²) in [4.78, 5) is 33.1. The van der Waals surface area contributed by atoms with Crippen LogP contribution in [0.25, 0.3) is 11.0 Å². The molecule has 3 aromatic rings. The Morgan fingerprint density at radius 2 is 1.71 bits per heavy atom. The van der Waals surface area contributed by atoms with Crippen LogP contribution in [-0.2, 0) is 16.0 Å². The van der Waals surface area contributed by atoms with Crippen molar-refractivity contribution in [2.75, 3.05) is 11.9 Å². The van der Waals surface area contributed by atoms with Gasteiger partial charge in [-0.3, -0.25) is 4.79 Å². The molecule has 7 nitrogen and oxygen atoms in total. The molecule has 3 rings (SSSR count). The molecule has 0 aliphatic heterocycles. The van der Waals surface area contributed by atoms with Gasteiger partial charge in [0.1, 0.15) is 0 Å². The molecule has 7 heteroatoms. The molecule has 1 heterocycles. The van der Waals surface area contributed by atoms with E-state index in [9.17, 15) is 9.59 Å². The van der Waals surface area contributed by atoms with Crippen LogP contribution in [0.15, 0.2) is 42.5 Å². The number of aromatic nitrogens is 2. The molecule has 2 aromatic carbocycles. The summed E-state index contributed by atoms with van der Waals surface area (Å²) in [7, 11) is 0. The van der Waals surface area contributed by atoms with Gasteiger partial charge in [-0.2, -0.15) is 5.26 Å². The number of nitrogens with zero attached hydrogens (tertiary/aromatic N) is 3. The summed E-state index contributed by atoms with van der Waals surface area (Å²) in [6.07, 6.45) is 0.307. The zero-order valence-electron chi connectivity index (χ0n) is 15.5. The van der Waals surface area contributed by atoms with E-state index in [1.54, 1.807) is 42.5 Å². The van der Waals surface area contributed by atoms with E-state index in [0.717, 1.165) is 17.0 Å². The van der Waals surface area contributed by atoms with Crippen LogP contribution < -0.4 is 5.32 Å². The minimum Gasteiger partial charge on any atom is -0.452 e. The first-order valence-corrected chi connectivity index (χ1v) is 8.64. The standard InChI is InChI=1S/C21H18N4O3/c1-13-14(2)24-19-11-16(5-8-18(19)23-13)21(27)28-12-20(26)25-17-6-3-15(4-7-17)9-10-22/h3-8,11H,9,12H2,1-2H3,(H,25,26). The Labute approximate surface area is 162 Å². The molecule has 0 unspecified atom stereocenters. The van der Waals surface area contributed by atoms with Crippen molar-refractivity contribution in [3.63, 3.8) is 0 Å². The van der Waals surface area contributed by atoms with Crippen molar-refractivity contribution in [1.82, 2.24) is 9.97 Å². The summed E-state index contributed by atoms with van der Waals surface area (Å²) in [5.41, 5.74) is 4.64. The van der Waals surface area contributed by atoms with Gasteiger partial charge in [0, 0.05) is 5.69 Å². The molecule has 0 aliphatic rings. The number of hydrogen-bond donors (Lipinski definition) is 1. The first kappa shape index (κ1) is 19.0. The van der Waals surface area contributed by atoms with Crippen molar-refractivity contribution in [3.05, 3.63) is 65.0 Å². The number of ether oxygens (including phenoxy) is 1. The number of benzene rings is 2. The van der Waals surface area contributed by atoms with Crippen LogP contribution in [0.1, 0.15) is 27.3 Å². The van der Waals surface area contributed by atoms with E-state index >= 15 is 0 Å². The largest absolute Gasteiger partial charge is 0.452 e. The first-order valence-electron chi connectivity index (χ1n) is 8.64. The topological polar surface area (TPSA) is 105 Å². The van der Waals surface area contributed by atoms with Crippen LogP contribution in [0.3, 0.4) is 0 Å². The van der Waals surface area contributed by atoms with Crippen molar-refractivity contribution in [1.29, 1.82) is 5.26 Å². The Kier molecular flexibility index (Phi) is 5.61. The average Bonchev–Trinajstić information content (AvgIpc) is 2.68. The molecule has 1 amide bonds. The fourth-order valence-electron chi connectivity index (χ4n) is 2.57. The zero-order chi connectivity index (χ0) is 20.1. The minimum atomic E-state index is -0.610. The lowest BCUT2D eigenvalue weighted by Crippen LogP contribution is -2.21. The van der Waals surface area contributed by atoms with Crippen LogP contribution >= 0.6 is 0 Å².